The van der Waals surface area contributed by atoms with Crippen LogP contribution in [-0.4, -0.2) is 43.5 Å². The molecule has 1 fully saturated rings. The predicted molar refractivity (Wildman–Crippen MR) is 106 cm³/mol. The van der Waals surface area contributed by atoms with Gasteiger partial charge in [-0.05, 0) is 36.8 Å². The predicted octanol–water partition coefficient (Wildman–Crippen LogP) is 2.80. The van der Waals surface area contributed by atoms with Gasteiger partial charge < -0.3 is 19.7 Å². The Kier molecular flexibility index (Phi) is 6.53. The lowest BCUT2D eigenvalue weighted by Gasteiger charge is -2.19. The average Bonchev–Trinajstić information content (AvgIpc) is 3.10. The van der Waals surface area contributed by atoms with Crippen molar-refractivity contribution in [2.45, 2.75) is 19.4 Å². The fourth-order valence-electron chi connectivity index (χ4n) is 3.27. The van der Waals surface area contributed by atoms with E-state index in [1.807, 2.05) is 61.5 Å². The summed E-state index contributed by atoms with van der Waals surface area (Å²) in [4.78, 5) is 26.5. The lowest BCUT2D eigenvalue weighted by molar-refractivity contribution is -0.129. The molecule has 1 saturated heterocycles. The van der Waals surface area contributed by atoms with Crippen LogP contribution in [0.1, 0.15) is 24.9 Å². The minimum Gasteiger partial charge on any atom is -0.497 e. The first kappa shape index (κ1) is 19.7. The fraction of sp³-hybridized carbons (Fsp3) is 0.364. The van der Waals surface area contributed by atoms with Crippen molar-refractivity contribution in [1.29, 1.82) is 0 Å². The summed E-state index contributed by atoms with van der Waals surface area (Å²) in [6.07, 6.45) is 0.246. The number of nitrogens with zero attached hydrogens (tertiary/aromatic N) is 1. The monoisotopic (exact) mass is 382 g/mol. The summed E-state index contributed by atoms with van der Waals surface area (Å²) in [5, 5.41) is 3.01. The number of nitrogens with one attached hydrogen (secondary N) is 1. The molecule has 0 spiro atoms. The van der Waals surface area contributed by atoms with Gasteiger partial charge in [0.2, 0.25) is 11.8 Å². The lowest BCUT2D eigenvalue weighted by Crippen LogP contribution is -2.35. The molecular weight excluding hydrogens is 356 g/mol. The van der Waals surface area contributed by atoms with Crippen LogP contribution in [0.25, 0.3) is 0 Å². The molecule has 2 amide bonds. The molecule has 1 heterocycles. The minimum absolute atomic E-state index is 0.00848. The van der Waals surface area contributed by atoms with Crippen molar-refractivity contribution >= 4 is 11.8 Å². The van der Waals surface area contributed by atoms with Crippen molar-refractivity contribution in [2.75, 3.05) is 26.8 Å². The second-order valence-corrected chi connectivity index (χ2v) is 6.91. The van der Waals surface area contributed by atoms with Gasteiger partial charge in [-0.3, -0.25) is 9.59 Å². The zero-order valence-corrected chi connectivity index (χ0v) is 16.3. The van der Waals surface area contributed by atoms with Crippen LogP contribution < -0.4 is 14.8 Å². The highest BCUT2D eigenvalue weighted by Crippen LogP contribution is 2.21. The molecule has 28 heavy (non-hydrogen) atoms. The quantitative estimate of drug-likeness (QED) is 0.762. The average molecular weight is 382 g/mol. The van der Waals surface area contributed by atoms with E-state index in [0.29, 0.717) is 19.7 Å². The summed E-state index contributed by atoms with van der Waals surface area (Å²) >= 11 is 0. The Morgan fingerprint density at radius 2 is 1.82 bits per heavy atom. The van der Waals surface area contributed by atoms with Gasteiger partial charge in [-0.2, -0.15) is 0 Å². The first-order valence-corrected chi connectivity index (χ1v) is 9.46. The van der Waals surface area contributed by atoms with Crippen LogP contribution in [0.15, 0.2) is 54.6 Å². The summed E-state index contributed by atoms with van der Waals surface area (Å²) in [6.45, 7) is 3.22. The van der Waals surface area contributed by atoms with Crippen LogP contribution in [0.5, 0.6) is 11.5 Å². The van der Waals surface area contributed by atoms with Gasteiger partial charge in [-0.15, -0.1) is 0 Å². The van der Waals surface area contributed by atoms with E-state index in [0.717, 1.165) is 17.1 Å². The number of carbonyl (C=O) groups is 2. The van der Waals surface area contributed by atoms with Crippen LogP contribution in [-0.2, 0) is 9.59 Å². The zero-order valence-electron chi connectivity index (χ0n) is 16.3. The summed E-state index contributed by atoms with van der Waals surface area (Å²) in [5.41, 5.74) is 1.05. The minimum atomic E-state index is -0.320. The van der Waals surface area contributed by atoms with E-state index >= 15 is 0 Å². The van der Waals surface area contributed by atoms with Crippen molar-refractivity contribution in [2.24, 2.45) is 5.92 Å². The number of benzene rings is 2. The topological polar surface area (TPSA) is 67.9 Å². The number of ether oxygens (including phenoxy) is 2. The number of hydrogen-bond donors (Lipinski definition) is 1. The van der Waals surface area contributed by atoms with Gasteiger partial charge in [0.25, 0.3) is 0 Å². The van der Waals surface area contributed by atoms with Crippen LogP contribution in [0.3, 0.4) is 0 Å². The molecule has 2 atom stereocenters. The number of carbonyl (C=O) groups excluding carboxylic acids is 2. The molecule has 2 unspecified atom stereocenters. The third kappa shape index (κ3) is 5.03. The number of hydrogen-bond acceptors (Lipinski definition) is 4. The summed E-state index contributed by atoms with van der Waals surface area (Å²) in [7, 11) is 1.61. The molecule has 0 aromatic heterocycles. The molecule has 6 heteroatoms. The first-order chi connectivity index (χ1) is 13.6. The Bertz CT molecular complexity index is 792. The molecule has 6 nitrogen and oxygen atoms in total. The molecular formula is C22H26N2O4. The summed E-state index contributed by atoms with van der Waals surface area (Å²) in [5.74, 6) is 1.08. The molecule has 0 aliphatic carbocycles. The zero-order chi connectivity index (χ0) is 19.9. The van der Waals surface area contributed by atoms with Gasteiger partial charge in [0.1, 0.15) is 18.1 Å². The van der Waals surface area contributed by atoms with Crippen LogP contribution >= 0.6 is 0 Å². The van der Waals surface area contributed by atoms with Crippen LogP contribution in [0, 0.1) is 5.92 Å². The van der Waals surface area contributed by atoms with Gasteiger partial charge in [0.15, 0.2) is 0 Å². The fourth-order valence-corrected chi connectivity index (χ4v) is 3.27. The lowest BCUT2D eigenvalue weighted by atomic mass is 10.1. The van der Waals surface area contributed by atoms with E-state index in [2.05, 4.69) is 5.32 Å². The summed E-state index contributed by atoms with van der Waals surface area (Å²) < 4.78 is 10.8. The smallest absolute Gasteiger partial charge is 0.225 e. The van der Waals surface area contributed by atoms with Crippen molar-refractivity contribution < 1.29 is 19.1 Å². The first-order valence-electron chi connectivity index (χ1n) is 9.46. The van der Waals surface area contributed by atoms with E-state index in [1.165, 1.54) is 0 Å². The maximum Gasteiger partial charge on any atom is 0.225 e. The van der Waals surface area contributed by atoms with Crippen molar-refractivity contribution in [3.8, 4) is 11.5 Å². The molecule has 1 aliphatic rings. The normalized spacial score (nSPS) is 17.3. The van der Waals surface area contributed by atoms with Gasteiger partial charge in [0, 0.05) is 13.0 Å². The van der Waals surface area contributed by atoms with Gasteiger partial charge >= 0.3 is 0 Å². The molecule has 0 bridgehead atoms. The van der Waals surface area contributed by atoms with Crippen molar-refractivity contribution in [3.05, 3.63) is 60.2 Å². The number of methoxy groups -OCH3 is 1. The van der Waals surface area contributed by atoms with E-state index in [9.17, 15) is 9.59 Å². The Hall–Kier alpha value is -3.02. The highest BCUT2D eigenvalue weighted by Gasteiger charge is 2.34. The standard InChI is InChI=1S/C22H26N2O4/c1-16(17-6-4-3-5-7-17)23-22(26)18-14-21(25)24(15-18)12-13-28-20-10-8-19(27-2)9-11-20/h3-11,16,18H,12-15H2,1-2H3,(H,23,26). The van der Waals surface area contributed by atoms with Gasteiger partial charge in [-0.1, -0.05) is 30.3 Å². The molecule has 1 aliphatic heterocycles. The number of rotatable bonds is 8. The Labute approximate surface area is 165 Å². The third-order valence-electron chi connectivity index (χ3n) is 4.93. The SMILES string of the molecule is COc1ccc(OCCN2CC(C(=O)NC(C)c3ccccc3)CC2=O)cc1. The molecule has 2 aromatic carbocycles. The highest BCUT2D eigenvalue weighted by molar-refractivity contribution is 5.89. The van der Waals surface area contributed by atoms with Gasteiger partial charge in [-0.25, -0.2) is 0 Å². The van der Waals surface area contributed by atoms with Gasteiger partial charge in [0.05, 0.1) is 25.6 Å². The van der Waals surface area contributed by atoms with Crippen molar-refractivity contribution in [1.82, 2.24) is 10.2 Å². The second kappa shape index (κ2) is 9.26. The van der Waals surface area contributed by atoms with E-state index in [-0.39, 0.29) is 30.2 Å². The molecule has 0 radical (unpaired) electrons. The van der Waals surface area contributed by atoms with E-state index in [1.54, 1.807) is 12.0 Å². The highest BCUT2D eigenvalue weighted by atomic mass is 16.5. The van der Waals surface area contributed by atoms with E-state index < -0.39 is 0 Å². The third-order valence-corrected chi connectivity index (χ3v) is 4.93. The summed E-state index contributed by atoms with van der Waals surface area (Å²) in [6, 6.07) is 17.0. The number of amides is 2. The van der Waals surface area contributed by atoms with E-state index in [4.69, 9.17) is 9.47 Å². The van der Waals surface area contributed by atoms with Crippen molar-refractivity contribution in [3.63, 3.8) is 0 Å². The maximum atomic E-state index is 12.5. The molecule has 1 N–H and O–H groups in total. The molecule has 148 valence electrons. The molecule has 2 aromatic rings. The second-order valence-electron chi connectivity index (χ2n) is 6.91. The number of likely N-dealkylation sites (tertiary alicyclic amines) is 1. The van der Waals surface area contributed by atoms with Crippen LogP contribution in [0.4, 0.5) is 0 Å². The Morgan fingerprint density at radius 1 is 1.14 bits per heavy atom. The Balaban J connectivity index is 1.45. The maximum absolute atomic E-state index is 12.5. The molecule has 3 rings (SSSR count). The van der Waals surface area contributed by atoms with Crippen LogP contribution in [0.2, 0.25) is 0 Å². The Morgan fingerprint density at radius 3 is 2.50 bits per heavy atom. The molecule has 0 saturated carbocycles. The largest absolute Gasteiger partial charge is 0.497 e.